The molecule has 3 saturated heterocycles. The third-order valence-electron chi connectivity index (χ3n) is 8.25. The fourth-order valence-corrected chi connectivity index (χ4v) is 7.64. The van der Waals surface area contributed by atoms with E-state index in [1.807, 2.05) is 7.05 Å². The maximum Gasteiger partial charge on any atom is 0.353 e. The molecule has 224 valence electrons. The van der Waals surface area contributed by atoms with Crippen LogP contribution in [0, 0.1) is 11.8 Å². The first-order chi connectivity index (χ1) is 18.2. The van der Waals surface area contributed by atoms with Crippen LogP contribution in [0.4, 0.5) is 8.78 Å². The molecule has 4 aliphatic rings. The molecule has 5 N–H and O–H groups in total. The third-order valence-corrected chi connectivity index (χ3v) is 9.76. The molecule has 1 unspecified atom stereocenters. The molecule has 4 heterocycles. The molecular formula is C24H35F2IN6O6S. The maximum absolute atomic E-state index is 13.2. The average Bonchev–Trinajstić information content (AvgIpc) is 3.40. The number of aliphatic carboxylic acids is 1. The molecule has 0 bridgehead atoms. The lowest BCUT2D eigenvalue weighted by Crippen LogP contribution is -3.00. The number of carbonyl (C=O) groups excluding carboxylic acids is 4. The highest BCUT2D eigenvalue weighted by Crippen LogP contribution is 2.51. The van der Waals surface area contributed by atoms with Crippen molar-refractivity contribution in [1.29, 1.82) is 0 Å². The van der Waals surface area contributed by atoms with Gasteiger partial charge in [-0.2, -0.15) is 8.78 Å². The minimum atomic E-state index is -3.22. The van der Waals surface area contributed by atoms with Crippen LogP contribution in [0.5, 0.6) is 0 Å². The fourth-order valence-electron chi connectivity index (χ4n) is 6.16. The highest BCUT2D eigenvalue weighted by atomic mass is 127. The number of likely N-dealkylation sites (N-methyl/N-ethyl adjacent to an activating group) is 1. The Morgan fingerprint density at radius 1 is 1.25 bits per heavy atom. The molecule has 16 heteroatoms. The number of hydrogen-bond acceptors (Lipinski definition) is 7. The van der Waals surface area contributed by atoms with Crippen LogP contribution in [0.15, 0.2) is 10.6 Å². The molecule has 0 aromatic heterocycles. The van der Waals surface area contributed by atoms with Gasteiger partial charge in [-0.1, -0.05) is 6.92 Å². The first kappa shape index (κ1) is 32.5. The lowest BCUT2D eigenvalue weighted by molar-refractivity contribution is -0.905. The van der Waals surface area contributed by atoms with Crippen molar-refractivity contribution in [3.8, 4) is 0 Å². The van der Waals surface area contributed by atoms with Crippen LogP contribution in [-0.2, 0) is 24.0 Å². The van der Waals surface area contributed by atoms with E-state index in [-0.39, 0.29) is 59.2 Å². The van der Waals surface area contributed by atoms with Crippen molar-refractivity contribution in [2.75, 3.05) is 46.3 Å². The second-order valence-corrected chi connectivity index (χ2v) is 12.4. The van der Waals surface area contributed by atoms with E-state index < -0.39 is 48.3 Å². The van der Waals surface area contributed by atoms with Gasteiger partial charge in [0.15, 0.2) is 6.54 Å². The number of carbonyl (C=O) groups is 5. The SMILES string of the molecule is CC(NC(=O)C(F)F)[C@H]1C(=O)N2C(C(=O)O)=C(S[C@@H]3CN[C@H](C(=O)N4CC[N+](C)(CC(N)=O)CC4)C3)[C@H](C)[C@H]12.[I-]. The molecule has 0 spiro atoms. The summed E-state index contributed by atoms with van der Waals surface area (Å²) in [4.78, 5) is 64.5. The first-order valence-corrected chi connectivity index (χ1v) is 13.8. The van der Waals surface area contributed by atoms with Gasteiger partial charge in [-0.3, -0.25) is 19.2 Å². The number of β-lactam (4-membered cyclic amide) rings is 1. The van der Waals surface area contributed by atoms with Crippen molar-refractivity contribution in [2.24, 2.45) is 17.6 Å². The average molecular weight is 701 g/mol. The molecule has 12 nitrogen and oxygen atoms in total. The van der Waals surface area contributed by atoms with Gasteiger partial charge >= 0.3 is 12.4 Å². The van der Waals surface area contributed by atoms with Crippen molar-refractivity contribution in [1.82, 2.24) is 20.4 Å². The number of carboxylic acid groups (broad SMARTS) is 1. The summed E-state index contributed by atoms with van der Waals surface area (Å²) in [7, 11) is 1.94. The monoisotopic (exact) mass is 700 g/mol. The number of alkyl halides is 2. The van der Waals surface area contributed by atoms with Crippen molar-refractivity contribution in [3.63, 3.8) is 0 Å². The number of nitrogens with one attached hydrogen (secondary N) is 2. The van der Waals surface area contributed by atoms with Gasteiger partial charge in [-0.05, 0) is 13.3 Å². The number of carboxylic acids is 1. The molecule has 4 aliphatic heterocycles. The number of rotatable bonds is 9. The minimum absolute atomic E-state index is 0. The molecular weight excluding hydrogens is 665 g/mol. The summed E-state index contributed by atoms with van der Waals surface area (Å²) in [5.41, 5.74) is 5.23. The Labute approximate surface area is 252 Å². The number of halogens is 3. The number of thioether (sulfide) groups is 1. The van der Waals surface area contributed by atoms with Crippen molar-refractivity contribution in [2.45, 2.75) is 50.1 Å². The van der Waals surface area contributed by atoms with Crippen LogP contribution in [0.3, 0.4) is 0 Å². The van der Waals surface area contributed by atoms with Crippen LogP contribution in [0.1, 0.15) is 20.3 Å². The molecule has 0 saturated carbocycles. The molecule has 0 aliphatic carbocycles. The third kappa shape index (κ3) is 6.23. The Hall–Kier alpha value is -2.05. The standard InChI is InChI=1S/C24H34F2N6O6S.HI/c1-11-17-16(12(2)29-21(34)20(25)26)23(36)31(17)18(24(37)38)19(11)39-13-8-14(28-9-13)22(35)30-4-6-32(3,7-5-30)10-15(27)33;/h11-14,16-17,20,28H,4-10H2,1-3H3,(H3-,27,29,33,34,37,38);1H/t11-,12?,13+,14+,16-,17-;/m1./s1. The Bertz CT molecular complexity index is 1100. The molecule has 0 aromatic rings. The van der Waals surface area contributed by atoms with E-state index in [1.54, 1.807) is 11.8 Å². The zero-order valence-electron chi connectivity index (χ0n) is 22.4. The number of amides is 4. The summed E-state index contributed by atoms with van der Waals surface area (Å²) in [6.45, 7) is 6.19. The van der Waals surface area contributed by atoms with Crippen LogP contribution in [-0.4, -0.2) is 125 Å². The Morgan fingerprint density at radius 3 is 2.42 bits per heavy atom. The Kier molecular flexibility index (Phi) is 10.1. The van der Waals surface area contributed by atoms with Gasteiger partial charge in [-0.15, -0.1) is 11.8 Å². The van der Waals surface area contributed by atoms with E-state index in [1.165, 1.54) is 23.6 Å². The van der Waals surface area contributed by atoms with Gasteiger partial charge in [-0.25, -0.2) is 4.79 Å². The van der Waals surface area contributed by atoms with Crippen LogP contribution < -0.4 is 40.3 Å². The quantitative estimate of drug-likeness (QED) is 0.107. The van der Waals surface area contributed by atoms with E-state index in [4.69, 9.17) is 5.73 Å². The van der Waals surface area contributed by atoms with Gasteiger partial charge < -0.3 is 59.7 Å². The van der Waals surface area contributed by atoms with Gasteiger partial charge in [0.25, 0.3) is 11.8 Å². The molecule has 4 amide bonds. The predicted octanol–water partition coefficient (Wildman–Crippen LogP) is -4.23. The van der Waals surface area contributed by atoms with Crippen LogP contribution in [0.2, 0.25) is 0 Å². The van der Waals surface area contributed by atoms with Crippen LogP contribution >= 0.6 is 11.8 Å². The number of nitrogens with zero attached hydrogens (tertiary/aromatic N) is 3. The highest BCUT2D eigenvalue weighted by molar-refractivity contribution is 8.03. The van der Waals surface area contributed by atoms with Gasteiger partial charge in [0.05, 0.1) is 51.2 Å². The van der Waals surface area contributed by atoms with E-state index in [0.29, 0.717) is 48.5 Å². The highest BCUT2D eigenvalue weighted by Gasteiger charge is 2.60. The van der Waals surface area contributed by atoms with Crippen LogP contribution in [0.25, 0.3) is 0 Å². The zero-order valence-corrected chi connectivity index (χ0v) is 25.4. The normalized spacial score (nSPS) is 29.9. The number of piperazine rings is 1. The molecule has 6 atom stereocenters. The smallest absolute Gasteiger partial charge is 0.353 e. The topological polar surface area (TPSA) is 162 Å². The summed E-state index contributed by atoms with van der Waals surface area (Å²) in [6, 6.07) is -1.88. The number of fused-ring (bicyclic) bond motifs is 1. The van der Waals surface area contributed by atoms with Crippen molar-refractivity contribution >= 4 is 41.4 Å². The van der Waals surface area contributed by atoms with E-state index in [9.17, 15) is 37.9 Å². The Morgan fingerprint density at radius 2 is 1.88 bits per heavy atom. The fraction of sp³-hybridized carbons (Fsp3) is 0.708. The van der Waals surface area contributed by atoms with Crippen molar-refractivity contribution < 1.29 is 66.3 Å². The van der Waals surface area contributed by atoms with E-state index >= 15 is 0 Å². The number of quaternary nitrogens is 1. The summed E-state index contributed by atoms with van der Waals surface area (Å²) < 4.78 is 25.9. The summed E-state index contributed by atoms with van der Waals surface area (Å²) in [5, 5.41) is 15.2. The second-order valence-electron chi connectivity index (χ2n) is 11.1. The molecule has 4 rings (SSSR count). The lowest BCUT2D eigenvalue weighted by Gasteiger charge is -2.47. The summed E-state index contributed by atoms with van der Waals surface area (Å²) in [6.07, 6.45) is -2.74. The lowest BCUT2D eigenvalue weighted by atomic mass is 9.78. The molecule has 0 radical (unpaired) electrons. The molecule has 40 heavy (non-hydrogen) atoms. The van der Waals surface area contributed by atoms with Crippen molar-refractivity contribution in [3.05, 3.63) is 10.6 Å². The van der Waals surface area contributed by atoms with Gasteiger partial charge in [0.1, 0.15) is 5.70 Å². The number of nitrogens with two attached hydrogens (primary N) is 1. The first-order valence-electron chi connectivity index (χ1n) is 12.9. The van der Waals surface area contributed by atoms with Gasteiger partial charge in [0.2, 0.25) is 11.8 Å². The van der Waals surface area contributed by atoms with Gasteiger partial charge in [0, 0.05) is 28.7 Å². The summed E-state index contributed by atoms with van der Waals surface area (Å²) >= 11 is 1.33. The maximum atomic E-state index is 13.2. The largest absolute Gasteiger partial charge is 1.00 e. The van der Waals surface area contributed by atoms with E-state index in [2.05, 4.69) is 10.6 Å². The predicted molar refractivity (Wildman–Crippen MR) is 136 cm³/mol. The van der Waals surface area contributed by atoms with E-state index in [0.717, 1.165) is 0 Å². The minimum Gasteiger partial charge on any atom is -1.00 e. The zero-order chi connectivity index (χ0) is 28.8. The number of hydrogen-bond donors (Lipinski definition) is 4. The summed E-state index contributed by atoms with van der Waals surface area (Å²) in [5.74, 6) is -4.87. The molecule has 0 aromatic carbocycles. The Balaban J connectivity index is 0.00000441. The number of primary amides is 1. The molecule has 3 fully saturated rings. The second kappa shape index (κ2) is 12.4.